The number of hydrogen-bond donors (Lipinski definition) is 0. The maximum Gasteiger partial charge on any atom is 0.116 e. The van der Waals surface area contributed by atoms with Crippen molar-refractivity contribution in [1.29, 1.82) is 0 Å². The van der Waals surface area contributed by atoms with Crippen molar-refractivity contribution in [2.24, 2.45) is 0 Å². The molecule has 4 heteroatoms. The average molecular weight is 262 g/mol. The first kappa shape index (κ1) is 10.9. The first-order valence-electron chi connectivity index (χ1n) is 4.32. The second-order valence-corrected chi connectivity index (χ2v) is 7.23. The van der Waals surface area contributed by atoms with Crippen LogP contribution in [-0.4, -0.2) is 17.3 Å². The minimum Gasteiger partial charge on any atom is -0.319 e. The largest absolute Gasteiger partial charge is 0.319 e. The van der Waals surface area contributed by atoms with Crippen LogP contribution in [0.1, 0.15) is 13.8 Å². The van der Waals surface area contributed by atoms with E-state index in [1.54, 1.807) is 6.20 Å². The second-order valence-electron chi connectivity index (χ2n) is 2.86. The zero-order chi connectivity index (χ0) is 9.90. The summed E-state index contributed by atoms with van der Waals surface area (Å²) in [7, 11) is -2.14. The Kier molecular flexibility index (Phi) is 3.69. The number of hydrogen-bond acceptors (Lipinski definition) is 2. The molecule has 72 valence electrons. The number of pyridine rings is 1. The van der Waals surface area contributed by atoms with Gasteiger partial charge in [0.15, 0.2) is 0 Å². The first-order chi connectivity index (χ1) is 6.12. The molecule has 0 spiro atoms. The van der Waals surface area contributed by atoms with Crippen LogP contribution in [0, 0.1) is 0 Å². The topological polar surface area (TPSA) is 30.0 Å². The average Bonchev–Trinajstić information content (AvgIpc) is 2.18. The summed E-state index contributed by atoms with van der Waals surface area (Å²) in [6, 6.07) is 3.73. The van der Waals surface area contributed by atoms with Crippen molar-refractivity contribution in [3.8, 4) is 0 Å². The SMILES string of the molecule is CCP(=O)(CC)c1ccc(Br)nc1. The minimum atomic E-state index is -2.14. The third-order valence-corrected chi connectivity index (χ3v) is 5.92. The molecule has 0 N–H and O–H groups in total. The molecule has 0 saturated carbocycles. The van der Waals surface area contributed by atoms with Crippen LogP contribution in [0.15, 0.2) is 22.9 Å². The summed E-state index contributed by atoms with van der Waals surface area (Å²) in [6.07, 6.45) is 3.14. The number of nitrogens with zero attached hydrogens (tertiary/aromatic N) is 1. The van der Waals surface area contributed by atoms with Crippen LogP contribution in [0.4, 0.5) is 0 Å². The minimum absolute atomic E-state index is 0.715. The molecule has 0 bridgehead atoms. The third-order valence-electron chi connectivity index (χ3n) is 2.20. The van der Waals surface area contributed by atoms with E-state index in [0.717, 1.165) is 9.91 Å². The fourth-order valence-corrected chi connectivity index (χ4v) is 3.22. The van der Waals surface area contributed by atoms with Crippen LogP contribution in [0.5, 0.6) is 0 Å². The van der Waals surface area contributed by atoms with Crippen LogP contribution in [0.25, 0.3) is 0 Å². The van der Waals surface area contributed by atoms with Crippen LogP contribution in [0.3, 0.4) is 0 Å². The van der Waals surface area contributed by atoms with Gasteiger partial charge in [-0.25, -0.2) is 4.98 Å². The Bertz CT molecular complexity index is 315. The Hall–Kier alpha value is -0.140. The zero-order valence-corrected chi connectivity index (χ0v) is 10.3. The van der Waals surface area contributed by atoms with Crippen LogP contribution in [-0.2, 0) is 4.57 Å². The fourth-order valence-electron chi connectivity index (χ4n) is 1.20. The van der Waals surface area contributed by atoms with Gasteiger partial charge in [0.2, 0.25) is 0 Å². The van der Waals surface area contributed by atoms with Gasteiger partial charge in [-0.2, -0.15) is 0 Å². The van der Waals surface area contributed by atoms with Gasteiger partial charge in [-0.15, -0.1) is 0 Å². The van der Waals surface area contributed by atoms with Crippen LogP contribution >= 0.6 is 23.1 Å². The van der Waals surface area contributed by atoms with Gasteiger partial charge in [0.25, 0.3) is 0 Å². The summed E-state index contributed by atoms with van der Waals surface area (Å²) >= 11 is 3.26. The van der Waals surface area contributed by atoms with E-state index in [-0.39, 0.29) is 0 Å². The molecule has 2 nitrogen and oxygen atoms in total. The molecular formula is C9H13BrNOP. The molecule has 0 atom stereocenters. The Morgan fingerprint density at radius 2 is 2.00 bits per heavy atom. The Labute approximate surface area is 87.3 Å². The smallest absolute Gasteiger partial charge is 0.116 e. The Morgan fingerprint density at radius 3 is 2.38 bits per heavy atom. The van der Waals surface area contributed by atoms with Crippen molar-refractivity contribution in [1.82, 2.24) is 4.98 Å². The quantitative estimate of drug-likeness (QED) is 0.619. The van der Waals surface area contributed by atoms with E-state index in [1.807, 2.05) is 26.0 Å². The molecule has 0 fully saturated rings. The van der Waals surface area contributed by atoms with E-state index in [1.165, 1.54) is 0 Å². The highest BCUT2D eigenvalue weighted by molar-refractivity contribution is 9.10. The fraction of sp³-hybridized carbons (Fsp3) is 0.444. The van der Waals surface area contributed by atoms with Crippen molar-refractivity contribution < 1.29 is 4.57 Å². The summed E-state index contributed by atoms with van der Waals surface area (Å²) in [5.74, 6) is 0. The molecule has 0 saturated heterocycles. The zero-order valence-electron chi connectivity index (χ0n) is 7.83. The van der Waals surface area contributed by atoms with Crippen molar-refractivity contribution in [3.05, 3.63) is 22.9 Å². The Morgan fingerprint density at radius 1 is 1.38 bits per heavy atom. The maximum atomic E-state index is 12.2. The van der Waals surface area contributed by atoms with E-state index in [2.05, 4.69) is 20.9 Å². The normalized spacial score (nSPS) is 11.6. The molecule has 1 aromatic heterocycles. The van der Waals surface area contributed by atoms with Gasteiger partial charge in [-0.3, -0.25) is 0 Å². The van der Waals surface area contributed by atoms with E-state index in [0.29, 0.717) is 12.3 Å². The van der Waals surface area contributed by atoms with Crippen molar-refractivity contribution in [2.45, 2.75) is 13.8 Å². The molecule has 0 aliphatic heterocycles. The molecule has 0 amide bonds. The van der Waals surface area contributed by atoms with Gasteiger partial charge in [0.05, 0.1) is 0 Å². The third kappa shape index (κ3) is 2.41. The molecule has 0 aliphatic rings. The molecule has 0 aliphatic carbocycles. The van der Waals surface area contributed by atoms with Gasteiger partial charge in [0.1, 0.15) is 11.7 Å². The van der Waals surface area contributed by atoms with Gasteiger partial charge in [0, 0.05) is 23.8 Å². The summed E-state index contributed by atoms with van der Waals surface area (Å²) < 4.78 is 13.0. The monoisotopic (exact) mass is 261 g/mol. The molecule has 1 heterocycles. The van der Waals surface area contributed by atoms with Gasteiger partial charge >= 0.3 is 0 Å². The summed E-state index contributed by atoms with van der Waals surface area (Å²) in [6.45, 7) is 3.93. The summed E-state index contributed by atoms with van der Waals surface area (Å²) in [5, 5.41) is 0.890. The molecule has 13 heavy (non-hydrogen) atoms. The lowest BCUT2D eigenvalue weighted by atomic mass is 10.5. The molecule has 0 radical (unpaired) electrons. The lowest BCUT2D eigenvalue weighted by molar-refractivity contribution is 0.582. The molecular weight excluding hydrogens is 249 g/mol. The molecule has 1 aromatic rings. The number of halogens is 1. The lowest BCUT2D eigenvalue weighted by Gasteiger charge is -2.13. The summed E-state index contributed by atoms with van der Waals surface area (Å²) in [5.41, 5.74) is 0. The molecule has 0 unspecified atom stereocenters. The number of rotatable bonds is 3. The van der Waals surface area contributed by atoms with E-state index in [4.69, 9.17) is 0 Å². The van der Waals surface area contributed by atoms with Crippen molar-refractivity contribution in [3.63, 3.8) is 0 Å². The standard InChI is InChI=1S/C9H13BrNOP/c1-3-13(12,4-2)8-5-6-9(10)11-7-8/h5-7H,3-4H2,1-2H3. The highest BCUT2D eigenvalue weighted by atomic mass is 79.9. The summed E-state index contributed by atoms with van der Waals surface area (Å²) in [4.78, 5) is 4.09. The Balaban J connectivity index is 3.07. The van der Waals surface area contributed by atoms with Crippen molar-refractivity contribution in [2.75, 3.05) is 12.3 Å². The van der Waals surface area contributed by atoms with Crippen LogP contribution in [0.2, 0.25) is 0 Å². The predicted octanol–water partition coefficient (Wildman–Crippen LogP) is 2.87. The van der Waals surface area contributed by atoms with Crippen LogP contribution < -0.4 is 5.30 Å². The highest BCUT2D eigenvalue weighted by Crippen LogP contribution is 2.42. The first-order valence-corrected chi connectivity index (χ1v) is 7.19. The molecule has 1 rings (SSSR count). The molecule has 0 aromatic carbocycles. The number of aromatic nitrogens is 1. The van der Waals surface area contributed by atoms with Gasteiger partial charge in [-0.1, -0.05) is 13.8 Å². The highest BCUT2D eigenvalue weighted by Gasteiger charge is 2.19. The maximum absolute atomic E-state index is 12.2. The predicted molar refractivity (Wildman–Crippen MR) is 60.3 cm³/mol. The van der Waals surface area contributed by atoms with E-state index < -0.39 is 7.14 Å². The lowest BCUT2D eigenvalue weighted by Crippen LogP contribution is -2.09. The van der Waals surface area contributed by atoms with E-state index >= 15 is 0 Å². The second kappa shape index (κ2) is 4.39. The van der Waals surface area contributed by atoms with Crippen molar-refractivity contribution >= 4 is 28.4 Å². The van der Waals surface area contributed by atoms with Gasteiger partial charge in [-0.05, 0) is 28.1 Å². The van der Waals surface area contributed by atoms with Gasteiger partial charge < -0.3 is 4.57 Å². The van der Waals surface area contributed by atoms with E-state index in [9.17, 15) is 4.57 Å².